The van der Waals surface area contributed by atoms with Crippen molar-refractivity contribution in [2.45, 2.75) is 6.42 Å². The first-order valence-electron chi connectivity index (χ1n) is 5.30. The molecule has 0 atom stereocenters. The molecule has 0 saturated carbocycles. The summed E-state index contributed by atoms with van der Waals surface area (Å²) in [5.74, 6) is 0.262. The topological polar surface area (TPSA) is 78.4 Å². The van der Waals surface area contributed by atoms with Gasteiger partial charge in [0, 0.05) is 19.2 Å². The van der Waals surface area contributed by atoms with E-state index in [1.165, 1.54) is 0 Å². The van der Waals surface area contributed by atoms with Gasteiger partial charge in [0.15, 0.2) is 0 Å². The molecule has 1 aromatic rings. The number of aromatic nitrogens is 2. The number of hydrogen-bond acceptors (Lipinski definition) is 5. The number of nitrogens with zero attached hydrogens (tertiary/aromatic N) is 2. The lowest BCUT2D eigenvalue weighted by atomic mass is 10.3. The van der Waals surface area contributed by atoms with Gasteiger partial charge in [-0.25, -0.2) is 4.98 Å². The molecule has 17 heavy (non-hydrogen) atoms. The summed E-state index contributed by atoms with van der Waals surface area (Å²) >= 11 is 5.03. The summed E-state index contributed by atoms with van der Waals surface area (Å²) in [6.07, 6.45) is -0.151. The molecule has 0 aromatic carbocycles. The van der Waals surface area contributed by atoms with Gasteiger partial charge in [-0.05, 0) is 0 Å². The average Bonchev–Trinajstić information content (AvgIpc) is 2.28. The molecule has 2 rings (SSSR count). The molecule has 1 saturated heterocycles. The highest BCUT2D eigenvalue weighted by Gasteiger charge is 2.13. The van der Waals surface area contributed by atoms with Crippen molar-refractivity contribution in [1.82, 2.24) is 9.97 Å². The Bertz CT molecular complexity index is 468. The van der Waals surface area contributed by atoms with Gasteiger partial charge in [0.1, 0.15) is 22.7 Å². The van der Waals surface area contributed by atoms with Crippen LogP contribution >= 0.6 is 12.2 Å². The lowest BCUT2D eigenvalue weighted by molar-refractivity contribution is -0.136. The monoisotopic (exact) mass is 255 g/mol. The number of carbonyl (C=O) groups is 1. The average molecular weight is 255 g/mol. The Morgan fingerprint density at radius 1 is 1.59 bits per heavy atom. The van der Waals surface area contributed by atoms with Gasteiger partial charge >= 0.3 is 5.97 Å². The van der Waals surface area contributed by atoms with Gasteiger partial charge in [-0.15, -0.1) is 0 Å². The van der Waals surface area contributed by atoms with Crippen LogP contribution < -0.4 is 4.90 Å². The minimum atomic E-state index is -0.928. The Balaban J connectivity index is 2.24. The number of anilines is 1. The predicted octanol–water partition coefficient (Wildman–Crippen LogP) is 0.603. The van der Waals surface area contributed by atoms with Gasteiger partial charge in [-0.3, -0.25) is 4.79 Å². The first-order valence-corrected chi connectivity index (χ1v) is 5.71. The van der Waals surface area contributed by atoms with Crippen LogP contribution in [0.5, 0.6) is 0 Å². The molecule has 0 aliphatic carbocycles. The second-order valence-corrected chi connectivity index (χ2v) is 4.14. The zero-order chi connectivity index (χ0) is 12.3. The van der Waals surface area contributed by atoms with Crippen molar-refractivity contribution in [3.05, 3.63) is 16.5 Å². The quantitative estimate of drug-likeness (QED) is 0.770. The zero-order valence-corrected chi connectivity index (χ0v) is 10.00. The van der Waals surface area contributed by atoms with Crippen LogP contribution in [0.3, 0.4) is 0 Å². The third-order valence-electron chi connectivity index (χ3n) is 2.45. The number of ether oxygens (including phenoxy) is 1. The van der Waals surface area contributed by atoms with E-state index >= 15 is 0 Å². The molecule has 1 aromatic heterocycles. The van der Waals surface area contributed by atoms with Crippen LogP contribution in [0.15, 0.2) is 6.07 Å². The number of H-pyrrole nitrogens is 1. The van der Waals surface area contributed by atoms with E-state index in [1.807, 2.05) is 0 Å². The maximum atomic E-state index is 10.6. The smallest absolute Gasteiger partial charge is 0.311 e. The SMILES string of the molecule is O=C(O)Cc1nc(=S)cc(N2CCOCC2)[nH]1. The van der Waals surface area contributed by atoms with E-state index in [9.17, 15) is 4.79 Å². The van der Waals surface area contributed by atoms with Crippen molar-refractivity contribution >= 4 is 24.0 Å². The molecule has 92 valence electrons. The number of aliphatic carboxylic acids is 1. The van der Waals surface area contributed by atoms with Crippen molar-refractivity contribution in [1.29, 1.82) is 0 Å². The van der Waals surface area contributed by atoms with Crippen LogP contribution in [0.4, 0.5) is 5.82 Å². The van der Waals surface area contributed by atoms with E-state index < -0.39 is 5.97 Å². The normalized spacial score (nSPS) is 15.9. The predicted molar refractivity (Wildman–Crippen MR) is 63.8 cm³/mol. The number of aromatic amines is 1. The Kier molecular flexibility index (Phi) is 3.70. The van der Waals surface area contributed by atoms with Crippen molar-refractivity contribution in [3.8, 4) is 0 Å². The molecule has 1 aliphatic rings. The van der Waals surface area contributed by atoms with E-state index in [-0.39, 0.29) is 6.42 Å². The molecule has 2 N–H and O–H groups in total. The Morgan fingerprint density at radius 3 is 2.94 bits per heavy atom. The van der Waals surface area contributed by atoms with Gasteiger partial charge in [0.25, 0.3) is 0 Å². The summed E-state index contributed by atoms with van der Waals surface area (Å²) in [7, 11) is 0. The summed E-state index contributed by atoms with van der Waals surface area (Å²) in [5.41, 5.74) is 0. The number of morpholine rings is 1. The van der Waals surface area contributed by atoms with Crippen LogP contribution in [-0.4, -0.2) is 47.3 Å². The molecule has 0 unspecified atom stereocenters. The van der Waals surface area contributed by atoms with Gasteiger partial charge in [-0.1, -0.05) is 12.2 Å². The molecule has 1 aliphatic heterocycles. The third kappa shape index (κ3) is 3.24. The molecule has 6 nitrogen and oxygen atoms in total. The molecule has 0 bridgehead atoms. The van der Waals surface area contributed by atoms with Crippen molar-refractivity contribution in [2.75, 3.05) is 31.2 Å². The molecule has 0 spiro atoms. The van der Waals surface area contributed by atoms with Gasteiger partial charge in [-0.2, -0.15) is 0 Å². The van der Waals surface area contributed by atoms with E-state index in [1.54, 1.807) is 6.07 Å². The fraction of sp³-hybridized carbons (Fsp3) is 0.500. The van der Waals surface area contributed by atoms with Gasteiger partial charge < -0.3 is 19.7 Å². The van der Waals surface area contributed by atoms with Crippen molar-refractivity contribution < 1.29 is 14.6 Å². The van der Waals surface area contributed by atoms with Crippen molar-refractivity contribution in [3.63, 3.8) is 0 Å². The number of nitrogens with one attached hydrogen (secondary N) is 1. The van der Waals surface area contributed by atoms with Crippen LogP contribution in [-0.2, 0) is 16.0 Å². The molecule has 7 heteroatoms. The molecular weight excluding hydrogens is 242 g/mol. The summed E-state index contributed by atoms with van der Waals surface area (Å²) in [5, 5.41) is 8.73. The van der Waals surface area contributed by atoms with Crippen LogP contribution in [0, 0.1) is 4.64 Å². The fourth-order valence-electron chi connectivity index (χ4n) is 1.70. The minimum Gasteiger partial charge on any atom is -0.481 e. The first-order chi connectivity index (χ1) is 8.15. The van der Waals surface area contributed by atoms with E-state index in [4.69, 9.17) is 22.1 Å². The summed E-state index contributed by atoms with van der Waals surface area (Å²) < 4.78 is 5.66. The number of carboxylic acids is 1. The first kappa shape index (κ1) is 12.0. The second kappa shape index (κ2) is 5.24. The standard InChI is InChI=1S/C10H13N3O3S/c14-10(15)5-7-11-8(6-9(17)12-7)13-1-3-16-4-2-13/h6H,1-5H2,(H,14,15)(H,11,12,17). The lowest BCUT2D eigenvalue weighted by Crippen LogP contribution is -2.37. The van der Waals surface area contributed by atoms with E-state index in [0.29, 0.717) is 23.7 Å². The Morgan fingerprint density at radius 2 is 2.29 bits per heavy atom. The minimum absolute atomic E-state index is 0.151. The fourth-order valence-corrected chi connectivity index (χ4v) is 1.92. The zero-order valence-electron chi connectivity index (χ0n) is 9.18. The number of carboxylic acid groups (broad SMARTS) is 1. The Hall–Kier alpha value is -1.47. The highest BCUT2D eigenvalue weighted by molar-refractivity contribution is 7.71. The summed E-state index contributed by atoms with van der Waals surface area (Å²) in [4.78, 5) is 19.7. The molecule has 1 fully saturated rings. The molecule has 0 radical (unpaired) electrons. The maximum Gasteiger partial charge on any atom is 0.311 e. The van der Waals surface area contributed by atoms with Crippen molar-refractivity contribution in [2.24, 2.45) is 0 Å². The van der Waals surface area contributed by atoms with Crippen LogP contribution in [0.1, 0.15) is 5.82 Å². The summed E-state index contributed by atoms with van der Waals surface area (Å²) in [6, 6.07) is 1.74. The summed E-state index contributed by atoms with van der Waals surface area (Å²) in [6.45, 7) is 2.86. The maximum absolute atomic E-state index is 10.6. The van der Waals surface area contributed by atoms with E-state index in [0.717, 1.165) is 18.9 Å². The second-order valence-electron chi connectivity index (χ2n) is 3.72. The van der Waals surface area contributed by atoms with Gasteiger partial charge in [0.05, 0.1) is 13.2 Å². The lowest BCUT2D eigenvalue weighted by Gasteiger charge is -2.28. The largest absolute Gasteiger partial charge is 0.481 e. The third-order valence-corrected chi connectivity index (χ3v) is 2.66. The van der Waals surface area contributed by atoms with Gasteiger partial charge in [0.2, 0.25) is 0 Å². The van der Waals surface area contributed by atoms with Crippen LogP contribution in [0.25, 0.3) is 0 Å². The molecule has 0 amide bonds. The highest BCUT2D eigenvalue weighted by Crippen LogP contribution is 2.13. The number of hydrogen-bond donors (Lipinski definition) is 2. The highest BCUT2D eigenvalue weighted by atomic mass is 32.1. The Labute approximate surface area is 103 Å². The molecule has 2 heterocycles. The number of rotatable bonds is 3. The molecular formula is C10H13N3O3S. The van der Waals surface area contributed by atoms with E-state index in [2.05, 4.69) is 14.9 Å². The van der Waals surface area contributed by atoms with Crippen LogP contribution in [0.2, 0.25) is 0 Å².